The molecule has 0 saturated heterocycles. The molecule has 0 saturated carbocycles. The van der Waals surface area contributed by atoms with Gasteiger partial charge in [0.15, 0.2) is 5.82 Å². The number of carbonyl (C=O) groups is 1. The number of sulfonamides is 1. The third-order valence-corrected chi connectivity index (χ3v) is 5.30. The summed E-state index contributed by atoms with van der Waals surface area (Å²) >= 11 is 1.02. The van der Waals surface area contributed by atoms with E-state index in [1.807, 2.05) is 18.6 Å². The maximum atomic E-state index is 12.1. The Morgan fingerprint density at radius 2 is 1.96 bits per heavy atom. The van der Waals surface area contributed by atoms with Crippen LogP contribution in [0.2, 0.25) is 0 Å². The van der Waals surface area contributed by atoms with E-state index >= 15 is 0 Å². The third kappa shape index (κ3) is 4.23. The van der Waals surface area contributed by atoms with Gasteiger partial charge in [-0.1, -0.05) is 36.4 Å². The van der Waals surface area contributed by atoms with Crippen LogP contribution in [0.25, 0.3) is 0 Å². The largest absolute Gasteiger partial charge is 0.336 e. The first-order chi connectivity index (χ1) is 10.8. The van der Waals surface area contributed by atoms with Crippen LogP contribution in [0, 0.1) is 6.92 Å². The number of aromatic nitrogens is 3. The number of carbonyl (C=O) groups excluding carboxylic acids is 1. The quantitative estimate of drug-likeness (QED) is 0.570. The molecule has 1 aromatic heterocycles. The van der Waals surface area contributed by atoms with Crippen molar-refractivity contribution in [1.82, 2.24) is 19.6 Å². The number of nitrogens with one attached hydrogen (secondary N) is 1. The van der Waals surface area contributed by atoms with Crippen LogP contribution < -0.4 is 10.6 Å². The average Bonchev–Trinajstić information content (AvgIpc) is 2.85. The van der Waals surface area contributed by atoms with Gasteiger partial charge in [-0.05, 0) is 19.1 Å². The van der Waals surface area contributed by atoms with Gasteiger partial charge in [-0.2, -0.15) is 0 Å². The molecule has 1 amide bonds. The topological polar surface area (TPSA) is 120 Å². The predicted octanol–water partition coefficient (Wildman–Crippen LogP) is 0.460. The smallest absolute Gasteiger partial charge is 0.264 e. The van der Waals surface area contributed by atoms with Crippen molar-refractivity contribution in [2.24, 2.45) is 0 Å². The lowest BCUT2D eigenvalue weighted by Gasteiger charge is -2.07. The molecular weight excluding hydrogens is 338 g/mol. The lowest BCUT2D eigenvalue weighted by Crippen LogP contribution is -2.32. The minimum absolute atomic E-state index is 0.0386. The van der Waals surface area contributed by atoms with Gasteiger partial charge < -0.3 is 5.84 Å². The molecule has 1 heterocycles. The maximum Gasteiger partial charge on any atom is 0.264 e. The zero-order valence-corrected chi connectivity index (χ0v) is 14.3. The highest BCUT2D eigenvalue weighted by Gasteiger charge is 2.18. The lowest BCUT2D eigenvalue weighted by atomic mass is 10.2. The van der Waals surface area contributed by atoms with Crippen LogP contribution in [-0.2, 0) is 21.2 Å². The number of nitrogens with two attached hydrogens (primary N) is 1. The zero-order valence-electron chi connectivity index (χ0n) is 12.7. The molecule has 0 unspecified atom stereocenters. The van der Waals surface area contributed by atoms with Gasteiger partial charge in [0, 0.05) is 6.42 Å². The molecule has 0 atom stereocenters. The van der Waals surface area contributed by atoms with Crippen molar-refractivity contribution in [2.75, 3.05) is 11.6 Å². The number of benzene rings is 1. The molecule has 1 aromatic carbocycles. The molecule has 0 fully saturated rings. The first-order valence-corrected chi connectivity index (χ1v) is 9.25. The van der Waals surface area contributed by atoms with E-state index in [0.717, 1.165) is 17.3 Å². The number of hydrogen-bond acceptors (Lipinski definition) is 7. The number of aryl methyl sites for hydroxylation is 2. The van der Waals surface area contributed by atoms with Crippen molar-refractivity contribution < 1.29 is 13.2 Å². The second kappa shape index (κ2) is 7.01. The first kappa shape index (κ1) is 17.3. The lowest BCUT2D eigenvalue weighted by molar-refractivity contribution is -0.116. The molecule has 2 rings (SSSR count). The van der Waals surface area contributed by atoms with Gasteiger partial charge in [-0.3, -0.25) is 4.79 Å². The fourth-order valence-corrected chi connectivity index (χ4v) is 3.48. The number of thioether (sulfide) groups is 1. The second-order valence-electron chi connectivity index (χ2n) is 4.75. The molecule has 3 N–H and O–H groups in total. The molecule has 10 heteroatoms. The van der Waals surface area contributed by atoms with Crippen molar-refractivity contribution in [1.29, 1.82) is 0 Å². The van der Waals surface area contributed by atoms with Crippen LogP contribution >= 0.6 is 11.8 Å². The minimum Gasteiger partial charge on any atom is -0.336 e. The van der Waals surface area contributed by atoms with Crippen molar-refractivity contribution in [3.63, 3.8) is 0 Å². The molecule has 23 heavy (non-hydrogen) atoms. The summed E-state index contributed by atoms with van der Waals surface area (Å²) in [5.41, 5.74) is 0.930. The number of nitrogens with zero attached hydrogens (tertiary/aromatic N) is 3. The summed E-state index contributed by atoms with van der Waals surface area (Å²) in [7, 11) is -3.88. The third-order valence-electron chi connectivity index (χ3n) is 2.96. The number of amides is 1. The van der Waals surface area contributed by atoms with Gasteiger partial charge in [0.2, 0.25) is 11.1 Å². The van der Waals surface area contributed by atoms with Crippen LogP contribution in [0.15, 0.2) is 34.3 Å². The van der Waals surface area contributed by atoms with E-state index in [0.29, 0.717) is 17.4 Å². The maximum absolute atomic E-state index is 12.1. The van der Waals surface area contributed by atoms with E-state index in [9.17, 15) is 13.2 Å². The summed E-state index contributed by atoms with van der Waals surface area (Å²) < 4.78 is 27.5. The molecular formula is C13H17N5O3S2. The molecule has 2 aromatic rings. The summed E-state index contributed by atoms with van der Waals surface area (Å²) in [6.07, 6.45) is 0.609. The Hall–Kier alpha value is -2.07. The Morgan fingerprint density at radius 3 is 2.52 bits per heavy atom. The van der Waals surface area contributed by atoms with Crippen molar-refractivity contribution in [3.8, 4) is 0 Å². The van der Waals surface area contributed by atoms with E-state index in [1.54, 1.807) is 12.1 Å². The SMILES string of the molecule is CCc1nnc(SCC(=O)NS(=O)(=O)c2ccc(C)cc2)n1N. The van der Waals surface area contributed by atoms with Crippen molar-refractivity contribution in [2.45, 2.75) is 30.3 Å². The Kier molecular flexibility index (Phi) is 5.26. The molecule has 0 bridgehead atoms. The molecule has 0 aliphatic carbocycles. The number of hydrogen-bond donors (Lipinski definition) is 2. The van der Waals surface area contributed by atoms with E-state index in [4.69, 9.17) is 5.84 Å². The van der Waals surface area contributed by atoms with Crippen LogP contribution in [0.5, 0.6) is 0 Å². The zero-order chi connectivity index (χ0) is 17.0. The van der Waals surface area contributed by atoms with E-state index in [2.05, 4.69) is 10.2 Å². The van der Waals surface area contributed by atoms with Crippen LogP contribution in [0.1, 0.15) is 18.3 Å². The monoisotopic (exact) mass is 355 g/mol. The average molecular weight is 355 g/mol. The van der Waals surface area contributed by atoms with Gasteiger partial charge in [0.25, 0.3) is 10.0 Å². The summed E-state index contributed by atoms with van der Waals surface area (Å²) in [6, 6.07) is 6.22. The Labute approximate surface area is 138 Å². The molecule has 0 radical (unpaired) electrons. The Bertz CT molecular complexity index is 800. The predicted molar refractivity (Wildman–Crippen MR) is 86.8 cm³/mol. The normalized spacial score (nSPS) is 11.4. The summed E-state index contributed by atoms with van der Waals surface area (Å²) in [5.74, 6) is 5.55. The molecule has 0 aliphatic heterocycles. The van der Waals surface area contributed by atoms with E-state index in [-0.39, 0.29) is 10.6 Å². The summed E-state index contributed by atoms with van der Waals surface area (Å²) in [6.45, 7) is 3.72. The Morgan fingerprint density at radius 1 is 1.30 bits per heavy atom. The minimum atomic E-state index is -3.88. The molecule has 0 spiro atoms. The van der Waals surface area contributed by atoms with Gasteiger partial charge in [-0.25, -0.2) is 17.8 Å². The first-order valence-electron chi connectivity index (χ1n) is 6.78. The molecule has 8 nitrogen and oxygen atoms in total. The van der Waals surface area contributed by atoms with Crippen LogP contribution in [-0.4, -0.2) is 35.0 Å². The molecule has 0 aliphatic rings. The standard InChI is InChI=1S/C13H17N5O3S2/c1-3-11-15-16-13(18(11)14)22-8-12(19)17-23(20,21)10-6-4-9(2)5-7-10/h4-7H,3,8,14H2,1-2H3,(H,17,19). The van der Waals surface area contributed by atoms with Gasteiger partial charge in [-0.15, -0.1) is 10.2 Å². The summed E-state index contributed by atoms with van der Waals surface area (Å²) in [5, 5.41) is 8.06. The van der Waals surface area contributed by atoms with Gasteiger partial charge in [0.05, 0.1) is 10.6 Å². The van der Waals surface area contributed by atoms with Crippen molar-refractivity contribution in [3.05, 3.63) is 35.7 Å². The fraction of sp³-hybridized carbons (Fsp3) is 0.308. The van der Waals surface area contributed by atoms with Crippen LogP contribution in [0.3, 0.4) is 0 Å². The fourth-order valence-electron chi connectivity index (χ4n) is 1.73. The van der Waals surface area contributed by atoms with E-state index in [1.165, 1.54) is 16.8 Å². The van der Waals surface area contributed by atoms with Crippen molar-refractivity contribution >= 4 is 27.7 Å². The Balaban J connectivity index is 1.98. The van der Waals surface area contributed by atoms with Gasteiger partial charge >= 0.3 is 0 Å². The van der Waals surface area contributed by atoms with Gasteiger partial charge in [0.1, 0.15) is 0 Å². The highest BCUT2D eigenvalue weighted by molar-refractivity contribution is 8.00. The number of rotatable bonds is 6. The molecule has 124 valence electrons. The van der Waals surface area contributed by atoms with E-state index < -0.39 is 15.9 Å². The summed E-state index contributed by atoms with van der Waals surface area (Å²) in [4.78, 5) is 11.9. The highest BCUT2D eigenvalue weighted by Crippen LogP contribution is 2.15. The second-order valence-corrected chi connectivity index (χ2v) is 7.38. The number of nitrogen functional groups attached to an aromatic ring is 1. The highest BCUT2D eigenvalue weighted by atomic mass is 32.2. The van der Waals surface area contributed by atoms with Crippen LogP contribution in [0.4, 0.5) is 0 Å².